The van der Waals surface area contributed by atoms with E-state index in [1.165, 1.54) is 11.3 Å². The molecule has 3 N–H and O–H groups in total. The van der Waals surface area contributed by atoms with Gasteiger partial charge in [0, 0.05) is 17.5 Å². The van der Waals surface area contributed by atoms with Crippen molar-refractivity contribution in [3.05, 3.63) is 70.7 Å². The molecule has 3 aromatic rings. The third-order valence-electron chi connectivity index (χ3n) is 5.01. The van der Waals surface area contributed by atoms with Crippen molar-refractivity contribution in [2.75, 3.05) is 5.32 Å². The highest BCUT2D eigenvalue weighted by Crippen LogP contribution is 2.52. The molecule has 2 aromatic carbocycles. The second kappa shape index (κ2) is 6.14. The quantitative estimate of drug-likeness (QED) is 0.657. The summed E-state index contributed by atoms with van der Waals surface area (Å²) in [5, 5.41) is 25.2. The van der Waals surface area contributed by atoms with Crippen molar-refractivity contribution < 1.29 is 15.0 Å². The number of phenols is 2. The third-order valence-corrected chi connectivity index (χ3v) is 5.70. The van der Waals surface area contributed by atoms with Gasteiger partial charge >= 0.3 is 0 Å². The minimum absolute atomic E-state index is 0.128. The van der Waals surface area contributed by atoms with E-state index in [9.17, 15) is 15.0 Å². The van der Waals surface area contributed by atoms with Gasteiger partial charge in [0.25, 0.3) is 0 Å². The lowest BCUT2D eigenvalue weighted by molar-refractivity contribution is -0.125. The molecule has 4 rings (SSSR count). The van der Waals surface area contributed by atoms with Crippen molar-refractivity contribution in [1.29, 1.82) is 0 Å². The average molecular weight is 366 g/mol. The highest BCUT2D eigenvalue weighted by Gasteiger charge is 2.49. The number of hydrogen-bond donors (Lipinski definition) is 3. The zero-order valence-corrected chi connectivity index (χ0v) is 15.0. The van der Waals surface area contributed by atoms with E-state index < -0.39 is 5.41 Å². The van der Waals surface area contributed by atoms with E-state index in [0.717, 1.165) is 16.7 Å². The van der Waals surface area contributed by atoms with Crippen LogP contribution in [0.15, 0.2) is 54.0 Å². The van der Waals surface area contributed by atoms with Gasteiger partial charge in [-0.1, -0.05) is 18.2 Å². The molecule has 1 aliphatic rings. The number of fused-ring (bicyclic) bond motifs is 1. The molecule has 0 saturated carbocycles. The predicted molar refractivity (Wildman–Crippen MR) is 101 cm³/mol. The molecule has 2 unspecified atom stereocenters. The van der Waals surface area contributed by atoms with Crippen LogP contribution in [0.1, 0.15) is 29.5 Å². The van der Waals surface area contributed by atoms with Crippen molar-refractivity contribution in [1.82, 2.24) is 4.98 Å². The second-order valence-corrected chi connectivity index (χ2v) is 7.69. The van der Waals surface area contributed by atoms with Gasteiger partial charge in [-0.05, 0) is 54.3 Å². The van der Waals surface area contributed by atoms with Crippen molar-refractivity contribution in [3.63, 3.8) is 0 Å². The van der Waals surface area contributed by atoms with Crippen LogP contribution in [0, 0.1) is 5.41 Å². The fourth-order valence-electron chi connectivity index (χ4n) is 3.84. The summed E-state index contributed by atoms with van der Waals surface area (Å²) in [7, 11) is 0. The number of carbonyl (C=O) groups is 1. The molecule has 0 bridgehead atoms. The molecule has 1 amide bonds. The van der Waals surface area contributed by atoms with Crippen LogP contribution in [-0.2, 0) is 11.2 Å². The maximum absolute atomic E-state index is 13.2. The van der Waals surface area contributed by atoms with Crippen LogP contribution >= 0.6 is 11.3 Å². The number of nitrogens with one attached hydrogen (secondary N) is 1. The standard InChI is InChI=1S/C20H18N2O3S/c1-20(18(25)22-19-21-7-8-26-19)11-13-5-6-15(24)10-16(13)17(20)12-3-2-4-14(23)9-12/h2-10,17,23-24H,11H2,1H3,(H,21,22,25). The molecule has 0 aliphatic heterocycles. The van der Waals surface area contributed by atoms with Crippen molar-refractivity contribution in [2.24, 2.45) is 5.41 Å². The van der Waals surface area contributed by atoms with Gasteiger partial charge in [0.15, 0.2) is 5.13 Å². The molecule has 0 saturated heterocycles. The van der Waals surface area contributed by atoms with E-state index in [1.807, 2.05) is 24.4 Å². The van der Waals surface area contributed by atoms with E-state index in [2.05, 4.69) is 10.3 Å². The number of aromatic nitrogens is 1. The van der Waals surface area contributed by atoms with Crippen molar-refractivity contribution in [3.8, 4) is 11.5 Å². The maximum atomic E-state index is 13.2. The number of benzene rings is 2. The van der Waals surface area contributed by atoms with Crippen LogP contribution in [-0.4, -0.2) is 21.1 Å². The van der Waals surface area contributed by atoms with Crippen LogP contribution in [0.4, 0.5) is 5.13 Å². The average Bonchev–Trinajstić information content (AvgIpc) is 3.20. The molecule has 0 spiro atoms. The van der Waals surface area contributed by atoms with Crippen LogP contribution in [0.3, 0.4) is 0 Å². The van der Waals surface area contributed by atoms with Gasteiger partial charge < -0.3 is 15.5 Å². The number of aromatic hydroxyl groups is 2. The minimum Gasteiger partial charge on any atom is -0.508 e. The summed E-state index contributed by atoms with van der Waals surface area (Å²) in [4.78, 5) is 17.3. The Morgan fingerprint density at radius 3 is 2.77 bits per heavy atom. The zero-order valence-electron chi connectivity index (χ0n) is 14.1. The smallest absolute Gasteiger partial charge is 0.233 e. The topological polar surface area (TPSA) is 82.5 Å². The number of nitrogens with zero attached hydrogens (tertiary/aromatic N) is 1. The Morgan fingerprint density at radius 2 is 2.04 bits per heavy atom. The van der Waals surface area contributed by atoms with E-state index in [0.29, 0.717) is 11.6 Å². The molecule has 1 aromatic heterocycles. The highest BCUT2D eigenvalue weighted by molar-refractivity contribution is 7.13. The van der Waals surface area contributed by atoms with E-state index in [4.69, 9.17) is 0 Å². The summed E-state index contributed by atoms with van der Waals surface area (Å²) in [6, 6.07) is 12.2. The monoisotopic (exact) mass is 366 g/mol. The first-order valence-corrected chi connectivity index (χ1v) is 9.17. The van der Waals surface area contributed by atoms with Crippen LogP contribution in [0.25, 0.3) is 0 Å². The first kappa shape index (κ1) is 16.6. The van der Waals surface area contributed by atoms with Gasteiger partial charge in [0.05, 0.1) is 5.41 Å². The number of rotatable bonds is 3. The van der Waals surface area contributed by atoms with Gasteiger partial charge in [-0.3, -0.25) is 4.79 Å². The normalized spacial score (nSPS) is 21.3. The zero-order chi connectivity index (χ0) is 18.3. The molecular formula is C20H18N2O3S. The van der Waals surface area contributed by atoms with Crippen molar-refractivity contribution >= 4 is 22.4 Å². The Kier molecular flexibility index (Phi) is 3.92. The number of anilines is 1. The van der Waals surface area contributed by atoms with Gasteiger partial charge in [0.2, 0.25) is 5.91 Å². The van der Waals surface area contributed by atoms with E-state index in [-0.39, 0.29) is 23.3 Å². The molecule has 0 radical (unpaired) electrons. The van der Waals surface area contributed by atoms with E-state index >= 15 is 0 Å². The van der Waals surface area contributed by atoms with Gasteiger partial charge in [-0.25, -0.2) is 4.98 Å². The number of amides is 1. The molecule has 1 aliphatic carbocycles. The summed E-state index contributed by atoms with van der Waals surface area (Å²) in [5.41, 5.74) is 2.00. The summed E-state index contributed by atoms with van der Waals surface area (Å²) in [6.45, 7) is 1.92. The first-order valence-electron chi connectivity index (χ1n) is 8.29. The van der Waals surface area contributed by atoms with Gasteiger partial charge in [0.1, 0.15) is 11.5 Å². The van der Waals surface area contributed by atoms with Crippen LogP contribution in [0.2, 0.25) is 0 Å². The Labute approximate surface area is 155 Å². The second-order valence-electron chi connectivity index (χ2n) is 6.80. The lowest BCUT2D eigenvalue weighted by Gasteiger charge is -2.31. The molecule has 6 heteroatoms. The van der Waals surface area contributed by atoms with Gasteiger partial charge in [-0.15, -0.1) is 11.3 Å². The number of phenolic OH excluding ortho intramolecular Hbond substituents is 2. The maximum Gasteiger partial charge on any atom is 0.233 e. The number of carbonyl (C=O) groups excluding carboxylic acids is 1. The largest absolute Gasteiger partial charge is 0.508 e. The summed E-state index contributed by atoms with van der Waals surface area (Å²) in [6.07, 6.45) is 2.19. The molecule has 26 heavy (non-hydrogen) atoms. The molecule has 132 valence electrons. The third kappa shape index (κ3) is 2.72. The highest BCUT2D eigenvalue weighted by atomic mass is 32.1. The van der Waals surface area contributed by atoms with Gasteiger partial charge in [-0.2, -0.15) is 0 Å². The van der Waals surface area contributed by atoms with E-state index in [1.54, 1.807) is 36.5 Å². The van der Waals surface area contributed by atoms with Crippen molar-refractivity contribution in [2.45, 2.75) is 19.3 Å². The lowest BCUT2D eigenvalue weighted by Crippen LogP contribution is -2.37. The first-order chi connectivity index (χ1) is 12.5. The molecule has 2 atom stereocenters. The van der Waals surface area contributed by atoms with Crippen LogP contribution < -0.4 is 5.32 Å². The van der Waals surface area contributed by atoms with Crippen LogP contribution in [0.5, 0.6) is 11.5 Å². The Hall–Kier alpha value is -2.86. The summed E-state index contributed by atoms with van der Waals surface area (Å²) >= 11 is 1.37. The fraction of sp³-hybridized carbons (Fsp3) is 0.200. The number of thiazole rings is 1. The summed E-state index contributed by atoms with van der Waals surface area (Å²) < 4.78 is 0. The molecular weight excluding hydrogens is 348 g/mol. The minimum atomic E-state index is -0.768. The Morgan fingerprint density at radius 1 is 1.23 bits per heavy atom. The fourth-order valence-corrected chi connectivity index (χ4v) is 4.37. The predicted octanol–water partition coefficient (Wildman–Crippen LogP) is 3.89. The molecule has 1 heterocycles. The molecule has 5 nitrogen and oxygen atoms in total. The SMILES string of the molecule is CC1(C(=O)Nc2nccs2)Cc2ccc(O)cc2C1c1cccc(O)c1. The Balaban J connectivity index is 1.81. The number of hydrogen-bond acceptors (Lipinski definition) is 5. The lowest BCUT2D eigenvalue weighted by atomic mass is 9.73. The Bertz CT molecular complexity index is 971. The summed E-state index contributed by atoms with van der Waals surface area (Å²) in [5.74, 6) is -0.0922. The molecule has 0 fully saturated rings.